The molecule has 0 bridgehead atoms. The van der Waals surface area contributed by atoms with Crippen LogP contribution in [0.1, 0.15) is 39.0 Å². The van der Waals surface area contributed by atoms with E-state index in [-0.39, 0.29) is 5.75 Å². The smallest absolute Gasteiger partial charge is 0.267 e. The van der Waals surface area contributed by atoms with E-state index in [1.165, 1.54) is 19.3 Å². The van der Waals surface area contributed by atoms with Crippen molar-refractivity contribution in [1.82, 2.24) is 0 Å². The third-order valence-corrected chi connectivity index (χ3v) is 3.76. The molecule has 1 rings (SSSR count). The van der Waals surface area contributed by atoms with E-state index in [4.69, 9.17) is 4.18 Å². The molecule has 1 aliphatic rings. The maximum Gasteiger partial charge on any atom is 0.267 e. The summed E-state index contributed by atoms with van der Waals surface area (Å²) < 4.78 is 26.9. The van der Waals surface area contributed by atoms with Crippen LogP contribution in [0.3, 0.4) is 0 Å². The molecule has 0 spiro atoms. The van der Waals surface area contributed by atoms with Gasteiger partial charge in [-0.05, 0) is 25.7 Å². The molecule has 1 aliphatic carbocycles. The Hall–Kier alpha value is -0.0900. The molecule has 0 unspecified atom stereocenters. The Kier molecular flexibility index (Phi) is 4.19. The van der Waals surface area contributed by atoms with Gasteiger partial charge < -0.3 is 0 Å². The molecule has 1 saturated carbocycles. The minimum absolute atomic E-state index is 0.0831. The molecule has 1 fully saturated rings. The van der Waals surface area contributed by atoms with Gasteiger partial charge in [0.05, 0.1) is 12.4 Å². The highest BCUT2D eigenvalue weighted by atomic mass is 32.2. The third-order valence-electron chi connectivity index (χ3n) is 2.56. The number of hydrogen-bond donors (Lipinski definition) is 0. The van der Waals surface area contributed by atoms with E-state index < -0.39 is 10.1 Å². The minimum atomic E-state index is -3.22. The standard InChI is InChI=1S/C9H18O3S/c1-2-13(10,11)12-8-9-6-4-3-5-7-9/h9H,2-8H2,1H3. The lowest BCUT2D eigenvalue weighted by Gasteiger charge is -2.20. The van der Waals surface area contributed by atoms with Crippen molar-refractivity contribution < 1.29 is 12.6 Å². The lowest BCUT2D eigenvalue weighted by Crippen LogP contribution is -2.17. The fourth-order valence-electron chi connectivity index (χ4n) is 1.64. The number of rotatable bonds is 4. The van der Waals surface area contributed by atoms with Crippen LogP contribution in [0.2, 0.25) is 0 Å². The van der Waals surface area contributed by atoms with Crippen LogP contribution in [0.15, 0.2) is 0 Å². The van der Waals surface area contributed by atoms with Gasteiger partial charge >= 0.3 is 0 Å². The molecule has 0 atom stereocenters. The Morgan fingerprint density at radius 1 is 1.23 bits per heavy atom. The molecule has 4 heteroatoms. The van der Waals surface area contributed by atoms with Crippen molar-refractivity contribution >= 4 is 10.1 Å². The summed E-state index contributed by atoms with van der Waals surface area (Å²) in [4.78, 5) is 0. The zero-order chi connectivity index (χ0) is 9.73. The predicted molar refractivity (Wildman–Crippen MR) is 52.0 cm³/mol. The molecule has 0 aliphatic heterocycles. The van der Waals surface area contributed by atoms with Crippen molar-refractivity contribution in [1.29, 1.82) is 0 Å². The van der Waals surface area contributed by atoms with Gasteiger partial charge in [-0.2, -0.15) is 8.42 Å². The Bertz CT molecular complexity index is 227. The largest absolute Gasteiger partial charge is 0.270 e. The molecule has 0 aromatic carbocycles. The van der Waals surface area contributed by atoms with E-state index in [9.17, 15) is 8.42 Å². The second-order valence-corrected chi connectivity index (χ2v) is 5.56. The summed E-state index contributed by atoms with van der Waals surface area (Å²) in [5.41, 5.74) is 0. The van der Waals surface area contributed by atoms with Gasteiger partial charge in [0.1, 0.15) is 0 Å². The highest BCUT2D eigenvalue weighted by molar-refractivity contribution is 7.86. The molecule has 0 aromatic rings. The summed E-state index contributed by atoms with van der Waals surface area (Å²) in [6, 6.07) is 0. The molecule has 78 valence electrons. The van der Waals surface area contributed by atoms with Crippen LogP contribution in [0.5, 0.6) is 0 Å². The van der Waals surface area contributed by atoms with Crippen LogP contribution in [0.4, 0.5) is 0 Å². The monoisotopic (exact) mass is 206 g/mol. The zero-order valence-electron chi connectivity index (χ0n) is 8.16. The van der Waals surface area contributed by atoms with Crippen molar-refractivity contribution in [2.45, 2.75) is 39.0 Å². The van der Waals surface area contributed by atoms with Gasteiger partial charge in [-0.1, -0.05) is 19.3 Å². The van der Waals surface area contributed by atoms with Crippen molar-refractivity contribution in [3.63, 3.8) is 0 Å². The Morgan fingerprint density at radius 3 is 2.38 bits per heavy atom. The molecular formula is C9H18O3S. The summed E-state index contributed by atoms with van der Waals surface area (Å²) in [5, 5.41) is 0. The van der Waals surface area contributed by atoms with Crippen LogP contribution in [0.25, 0.3) is 0 Å². The van der Waals surface area contributed by atoms with Crippen molar-refractivity contribution in [2.75, 3.05) is 12.4 Å². The second-order valence-electron chi connectivity index (χ2n) is 3.63. The van der Waals surface area contributed by atoms with E-state index in [2.05, 4.69) is 0 Å². The van der Waals surface area contributed by atoms with Crippen LogP contribution in [-0.4, -0.2) is 20.8 Å². The topological polar surface area (TPSA) is 43.4 Å². The minimum Gasteiger partial charge on any atom is -0.270 e. The first-order valence-corrected chi connectivity index (χ1v) is 6.59. The van der Waals surface area contributed by atoms with E-state index in [1.807, 2.05) is 0 Å². The molecule has 13 heavy (non-hydrogen) atoms. The SMILES string of the molecule is CCS(=O)(=O)OCC1CCCCC1. The molecule has 0 amide bonds. The maximum absolute atomic E-state index is 11.0. The summed E-state index contributed by atoms with van der Waals surface area (Å²) in [6.45, 7) is 2.01. The molecule has 0 heterocycles. The summed E-state index contributed by atoms with van der Waals surface area (Å²) >= 11 is 0. The highest BCUT2D eigenvalue weighted by Crippen LogP contribution is 2.24. The van der Waals surface area contributed by atoms with Gasteiger partial charge in [-0.3, -0.25) is 4.18 Å². The predicted octanol–water partition coefficient (Wildman–Crippen LogP) is 1.93. The van der Waals surface area contributed by atoms with Crippen LogP contribution < -0.4 is 0 Å². The highest BCUT2D eigenvalue weighted by Gasteiger charge is 2.16. The molecular weight excluding hydrogens is 188 g/mol. The molecule has 0 aromatic heterocycles. The van der Waals surface area contributed by atoms with Gasteiger partial charge in [-0.15, -0.1) is 0 Å². The van der Waals surface area contributed by atoms with E-state index in [1.54, 1.807) is 6.92 Å². The Morgan fingerprint density at radius 2 is 1.85 bits per heavy atom. The lowest BCUT2D eigenvalue weighted by molar-refractivity contribution is 0.214. The van der Waals surface area contributed by atoms with E-state index in [0.29, 0.717) is 12.5 Å². The first-order chi connectivity index (χ1) is 6.14. The molecule has 3 nitrogen and oxygen atoms in total. The average Bonchev–Trinajstić information content (AvgIpc) is 2.17. The van der Waals surface area contributed by atoms with Crippen LogP contribution >= 0.6 is 0 Å². The molecule has 0 saturated heterocycles. The van der Waals surface area contributed by atoms with Gasteiger partial charge in [0.15, 0.2) is 0 Å². The quantitative estimate of drug-likeness (QED) is 0.660. The lowest BCUT2D eigenvalue weighted by atomic mass is 9.90. The summed E-state index contributed by atoms with van der Waals surface area (Å²) in [7, 11) is -3.22. The fourth-order valence-corrected chi connectivity index (χ4v) is 2.20. The van der Waals surface area contributed by atoms with Gasteiger partial charge in [0, 0.05) is 0 Å². The summed E-state index contributed by atoms with van der Waals surface area (Å²) in [5.74, 6) is 0.551. The first kappa shape index (κ1) is 11.0. The van der Waals surface area contributed by atoms with Crippen LogP contribution in [0, 0.1) is 5.92 Å². The van der Waals surface area contributed by atoms with E-state index in [0.717, 1.165) is 12.8 Å². The zero-order valence-corrected chi connectivity index (χ0v) is 8.98. The average molecular weight is 206 g/mol. The van der Waals surface area contributed by atoms with Crippen LogP contribution in [-0.2, 0) is 14.3 Å². The number of hydrogen-bond acceptors (Lipinski definition) is 3. The third kappa shape index (κ3) is 4.09. The van der Waals surface area contributed by atoms with Gasteiger partial charge in [0.25, 0.3) is 10.1 Å². The first-order valence-electron chi connectivity index (χ1n) is 5.01. The van der Waals surface area contributed by atoms with Gasteiger partial charge in [0.2, 0.25) is 0 Å². The second kappa shape index (κ2) is 4.96. The summed E-state index contributed by atoms with van der Waals surface area (Å²) in [6.07, 6.45) is 5.98. The molecule has 0 radical (unpaired) electrons. The van der Waals surface area contributed by atoms with Crippen molar-refractivity contribution in [3.8, 4) is 0 Å². The molecule has 0 N–H and O–H groups in total. The Labute approximate surface area is 80.6 Å². The Balaban J connectivity index is 2.25. The van der Waals surface area contributed by atoms with Crippen molar-refractivity contribution in [3.05, 3.63) is 0 Å². The van der Waals surface area contributed by atoms with E-state index >= 15 is 0 Å². The van der Waals surface area contributed by atoms with Gasteiger partial charge in [-0.25, -0.2) is 0 Å². The maximum atomic E-state index is 11.0. The van der Waals surface area contributed by atoms with Crippen molar-refractivity contribution in [2.24, 2.45) is 5.92 Å². The fraction of sp³-hybridized carbons (Fsp3) is 1.00. The normalized spacial score (nSPS) is 20.4.